The van der Waals surface area contributed by atoms with E-state index in [0.717, 1.165) is 41.7 Å². The van der Waals surface area contributed by atoms with Crippen LogP contribution in [0.2, 0.25) is 0 Å². The minimum Gasteiger partial charge on any atom is -0.378 e. The summed E-state index contributed by atoms with van der Waals surface area (Å²) in [4.78, 5) is 18.8. The summed E-state index contributed by atoms with van der Waals surface area (Å²) < 4.78 is 13.2. The highest BCUT2D eigenvalue weighted by molar-refractivity contribution is 5.77. The Hall–Kier alpha value is -2.70. The molecule has 30 heavy (non-hydrogen) atoms. The summed E-state index contributed by atoms with van der Waals surface area (Å²) in [7, 11) is 1.85. The fourth-order valence-corrected chi connectivity index (χ4v) is 3.84. The van der Waals surface area contributed by atoms with Gasteiger partial charge in [-0.1, -0.05) is 24.3 Å². The van der Waals surface area contributed by atoms with Crippen LogP contribution in [0.25, 0.3) is 16.7 Å². The Labute approximate surface area is 177 Å². The zero-order valence-corrected chi connectivity index (χ0v) is 17.7. The van der Waals surface area contributed by atoms with Gasteiger partial charge in [0.2, 0.25) is 5.91 Å². The zero-order chi connectivity index (χ0) is 20.9. The lowest BCUT2D eigenvalue weighted by Gasteiger charge is -2.25. The van der Waals surface area contributed by atoms with Crippen LogP contribution in [-0.4, -0.2) is 53.3 Å². The molecular formula is C24H29N3O3. The van der Waals surface area contributed by atoms with E-state index < -0.39 is 0 Å². The predicted octanol–water partition coefficient (Wildman–Crippen LogP) is 4.13. The van der Waals surface area contributed by atoms with Crippen molar-refractivity contribution < 1.29 is 14.3 Å². The van der Waals surface area contributed by atoms with E-state index in [1.165, 1.54) is 0 Å². The van der Waals surface area contributed by atoms with Crippen LogP contribution in [0.3, 0.4) is 0 Å². The van der Waals surface area contributed by atoms with Crippen molar-refractivity contribution >= 4 is 16.9 Å². The Morgan fingerprint density at radius 1 is 1.27 bits per heavy atom. The number of benzene rings is 2. The standard InChI is InChI=1S/C24H29N3O3/c1-18(26(2)24(28)13-15-29-16-21-6-5-14-30-21)19-9-11-20(12-10-19)27-17-25-22-7-3-4-8-23(22)27/h3-4,7-12,17-18,21H,5-6,13-16H2,1-2H3. The molecule has 1 saturated heterocycles. The van der Waals surface area contributed by atoms with Crippen LogP contribution in [0.4, 0.5) is 0 Å². The van der Waals surface area contributed by atoms with E-state index in [1.807, 2.05) is 38.5 Å². The molecule has 0 saturated carbocycles. The lowest BCUT2D eigenvalue weighted by Crippen LogP contribution is -2.30. The topological polar surface area (TPSA) is 56.6 Å². The highest BCUT2D eigenvalue weighted by Gasteiger charge is 2.19. The van der Waals surface area contributed by atoms with E-state index in [2.05, 4.69) is 39.9 Å². The first kappa shape index (κ1) is 20.6. The van der Waals surface area contributed by atoms with Crippen molar-refractivity contribution in [3.05, 3.63) is 60.4 Å². The average molecular weight is 408 g/mol. The van der Waals surface area contributed by atoms with E-state index in [0.29, 0.717) is 19.6 Å². The second kappa shape index (κ2) is 9.41. The van der Waals surface area contributed by atoms with Crippen LogP contribution in [0.5, 0.6) is 0 Å². The molecular weight excluding hydrogens is 378 g/mol. The van der Waals surface area contributed by atoms with Crippen molar-refractivity contribution in [1.82, 2.24) is 14.5 Å². The first-order valence-corrected chi connectivity index (χ1v) is 10.6. The fraction of sp³-hybridized carbons (Fsp3) is 0.417. The van der Waals surface area contributed by atoms with Gasteiger partial charge in [0.05, 0.1) is 42.8 Å². The monoisotopic (exact) mass is 407 g/mol. The lowest BCUT2D eigenvalue weighted by molar-refractivity contribution is -0.133. The van der Waals surface area contributed by atoms with Crippen LogP contribution in [-0.2, 0) is 14.3 Å². The molecule has 2 atom stereocenters. The zero-order valence-electron chi connectivity index (χ0n) is 17.7. The summed E-state index contributed by atoms with van der Waals surface area (Å²) in [5.74, 6) is 0.0829. The molecule has 1 amide bonds. The molecule has 6 heteroatoms. The number of nitrogens with zero attached hydrogens (tertiary/aromatic N) is 3. The molecule has 1 fully saturated rings. The van der Waals surface area contributed by atoms with Gasteiger partial charge in [0.15, 0.2) is 0 Å². The summed E-state index contributed by atoms with van der Waals surface area (Å²) in [6, 6.07) is 16.4. The van der Waals surface area contributed by atoms with Gasteiger partial charge in [0.25, 0.3) is 0 Å². The minimum absolute atomic E-state index is 0.00996. The molecule has 0 aliphatic carbocycles. The Balaban J connectivity index is 1.33. The van der Waals surface area contributed by atoms with Crippen molar-refractivity contribution in [1.29, 1.82) is 0 Å². The van der Waals surface area contributed by atoms with Crippen LogP contribution >= 0.6 is 0 Å². The largest absolute Gasteiger partial charge is 0.378 e. The minimum atomic E-state index is -0.00996. The summed E-state index contributed by atoms with van der Waals surface area (Å²) in [6.45, 7) is 3.88. The molecule has 3 aromatic rings. The van der Waals surface area contributed by atoms with Gasteiger partial charge in [-0.2, -0.15) is 0 Å². The number of rotatable bonds is 8. The van der Waals surface area contributed by atoms with Gasteiger partial charge in [-0.25, -0.2) is 4.98 Å². The molecule has 1 aliphatic rings. The van der Waals surface area contributed by atoms with E-state index in [1.54, 1.807) is 4.90 Å². The van der Waals surface area contributed by atoms with Gasteiger partial charge in [-0.05, 0) is 49.6 Å². The maximum absolute atomic E-state index is 12.6. The number of carbonyl (C=O) groups is 1. The number of fused-ring (bicyclic) bond motifs is 1. The van der Waals surface area contributed by atoms with Crippen molar-refractivity contribution in [3.8, 4) is 5.69 Å². The van der Waals surface area contributed by atoms with Gasteiger partial charge in [0.1, 0.15) is 6.33 Å². The molecule has 4 rings (SSSR count). The second-order valence-corrected chi connectivity index (χ2v) is 7.84. The van der Waals surface area contributed by atoms with Gasteiger partial charge >= 0.3 is 0 Å². The van der Waals surface area contributed by atoms with E-state index >= 15 is 0 Å². The third-order valence-corrected chi connectivity index (χ3v) is 5.87. The first-order chi connectivity index (χ1) is 14.6. The molecule has 0 radical (unpaired) electrons. The van der Waals surface area contributed by atoms with Gasteiger partial charge < -0.3 is 14.4 Å². The van der Waals surface area contributed by atoms with Crippen molar-refractivity contribution in [3.63, 3.8) is 0 Å². The second-order valence-electron chi connectivity index (χ2n) is 7.84. The normalized spacial score (nSPS) is 17.3. The van der Waals surface area contributed by atoms with Crippen LogP contribution < -0.4 is 0 Å². The van der Waals surface area contributed by atoms with Crippen LogP contribution in [0.1, 0.15) is 37.8 Å². The number of hydrogen-bond acceptors (Lipinski definition) is 4. The Morgan fingerprint density at radius 2 is 2.07 bits per heavy atom. The first-order valence-electron chi connectivity index (χ1n) is 10.6. The molecule has 2 unspecified atom stereocenters. The summed E-state index contributed by atoms with van der Waals surface area (Å²) in [5, 5.41) is 0. The van der Waals surface area contributed by atoms with E-state index in [9.17, 15) is 4.79 Å². The Bertz CT molecular complexity index is 977. The Morgan fingerprint density at radius 3 is 2.83 bits per heavy atom. The number of para-hydroxylation sites is 2. The fourth-order valence-electron chi connectivity index (χ4n) is 3.84. The highest BCUT2D eigenvalue weighted by atomic mass is 16.5. The molecule has 2 aromatic carbocycles. The van der Waals surface area contributed by atoms with Crippen molar-refractivity contribution in [2.75, 3.05) is 26.9 Å². The highest BCUT2D eigenvalue weighted by Crippen LogP contribution is 2.23. The van der Waals surface area contributed by atoms with Crippen molar-refractivity contribution in [2.24, 2.45) is 0 Å². The van der Waals surface area contributed by atoms with Gasteiger partial charge in [-0.15, -0.1) is 0 Å². The summed E-state index contributed by atoms with van der Waals surface area (Å²) in [5.41, 5.74) is 4.20. The quantitative estimate of drug-likeness (QED) is 0.527. The number of imidazole rings is 1. The third kappa shape index (κ3) is 4.55. The summed E-state index contributed by atoms with van der Waals surface area (Å²) in [6.07, 6.45) is 4.57. The maximum Gasteiger partial charge on any atom is 0.225 e. The Kier molecular flexibility index (Phi) is 6.45. The number of aromatic nitrogens is 2. The van der Waals surface area contributed by atoms with Crippen molar-refractivity contribution in [2.45, 2.75) is 38.3 Å². The molecule has 158 valence electrons. The SMILES string of the molecule is CC(c1ccc(-n2cnc3ccccc32)cc1)N(C)C(=O)CCOCC1CCCO1. The summed E-state index contributed by atoms with van der Waals surface area (Å²) >= 11 is 0. The molecule has 2 heterocycles. The van der Waals surface area contributed by atoms with Crippen LogP contribution in [0.15, 0.2) is 54.9 Å². The van der Waals surface area contributed by atoms with E-state index in [-0.39, 0.29) is 18.1 Å². The van der Waals surface area contributed by atoms with Crippen LogP contribution in [0, 0.1) is 0 Å². The third-order valence-electron chi connectivity index (χ3n) is 5.87. The number of hydrogen-bond donors (Lipinski definition) is 0. The van der Waals surface area contributed by atoms with E-state index in [4.69, 9.17) is 9.47 Å². The maximum atomic E-state index is 12.6. The molecule has 1 aromatic heterocycles. The smallest absolute Gasteiger partial charge is 0.225 e. The molecule has 0 spiro atoms. The van der Waals surface area contributed by atoms with Gasteiger partial charge in [0, 0.05) is 19.3 Å². The molecule has 6 nitrogen and oxygen atoms in total. The molecule has 1 aliphatic heterocycles. The molecule has 0 bridgehead atoms. The number of carbonyl (C=O) groups excluding carboxylic acids is 1. The molecule has 0 N–H and O–H groups in total. The van der Waals surface area contributed by atoms with Gasteiger partial charge in [-0.3, -0.25) is 9.36 Å². The lowest BCUT2D eigenvalue weighted by atomic mass is 10.1. The average Bonchev–Trinajstić information content (AvgIpc) is 3.45. The number of ether oxygens (including phenoxy) is 2. The number of amides is 1. The predicted molar refractivity (Wildman–Crippen MR) is 117 cm³/mol.